The number of hydrogen-bond acceptors (Lipinski definition) is 3. The Morgan fingerprint density at radius 1 is 1.16 bits per heavy atom. The molecule has 134 valence electrons. The van der Waals surface area contributed by atoms with E-state index >= 15 is 0 Å². The molecule has 0 spiro atoms. The number of methoxy groups -OCH3 is 1. The van der Waals surface area contributed by atoms with Crippen molar-refractivity contribution in [3.63, 3.8) is 0 Å². The fraction of sp³-hybridized carbons (Fsp3) is 0.455. The minimum Gasteiger partial charge on any atom is -0.497 e. The van der Waals surface area contributed by atoms with Crippen LogP contribution < -0.4 is 4.74 Å². The first-order valence-electron chi connectivity index (χ1n) is 9.15. The Morgan fingerprint density at radius 2 is 2.00 bits per heavy atom. The third kappa shape index (κ3) is 4.42. The average molecular weight is 339 g/mol. The van der Waals surface area contributed by atoms with Crippen LogP contribution in [0.1, 0.15) is 29.5 Å². The number of hydrogen-bond donors (Lipinski definition) is 1. The molecule has 1 N–H and O–H groups in total. The second-order valence-electron chi connectivity index (χ2n) is 7.43. The molecular formula is C22H29NO2. The molecule has 0 aliphatic carbocycles. The Morgan fingerprint density at radius 3 is 2.76 bits per heavy atom. The van der Waals surface area contributed by atoms with Gasteiger partial charge in [0.15, 0.2) is 0 Å². The third-order valence-corrected chi connectivity index (χ3v) is 5.44. The van der Waals surface area contributed by atoms with E-state index in [0.717, 1.165) is 44.6 Å². The van der Waals surface area contributed by atoms with Gasteiger partial charge in [-0.1, -0.05) is 36.4 Å². The molecule has 3 nitrogen and oxygen atoms in total. The lowest BCUT2D eigenvalue weighted by atomic mass is 9.75. The fourth-order valence-electron chi connectivity index (χ4n) is 4.02. The van der Waals surface area contributed by atoms with Crippen LogP contribution in [-0.4, -0.2) is 36.8 Å². The highest BCUT2D eigenvalue weighted by Crippen LogP contribution is 2.35. The molecular weight excluding hydrogens is 310 g/mol. The van der Waals surface area contributed by atoms with E-state index in [1.165, 1.54) is 16.7 Å². The van der Waals surface area contributed by atoms with E-state index in [4.69, 9.17) is 4.74 Å². The van der Waals surface area contributed by atoms with Crippen molar-refractivity contribution in [3.8, 4) is 5.75 Å². The lowest BCUT2D eigenvalue weighted by Crippen LogP contribution is -2.46. The van der Waals surface area contributed by atoms with Crippen LogP contribution >= 0.6 is 0 Å². The SMILES string of the molecule is COc1cccc(CN2CCCC(CO)(Cc3ccccc3C)C2)c1. The van der Waals surface area contributed by atoms with Crippen molar-refractivity contribution in [1.29, 1.82) is 0 Å². The van der Waals surface area contributed by atoms with Crippen LogP contribution in [-0.2, 0) is 13.0 Å². The minimum absolute atomic E-state index is 0.0385. The number of nitrogens with zero attached hydrogens (tertiary/aromatic N) is 1. The van der Waals surface area contributed by atoms with Gasteiger partial charge in [0.05, 0.1) is 13.7 Å². The van der Waals surface area contributed by atoms with Crippen molar-refractivity contribution < 1.29 is 9.84 Å². The monoisotopic (exact) mass is 339 g/mol. The summed E-state index contributed by atoms with van der Waals surface area (Å²) in [5, 5.41) is 10.2. The third-order valence-electron chi connectivity index (χ3n) is 5.44. The van der Waals surface area contributed by atoms with Crippen LogP contribution in [0.5, 0.6) is 5.75 Å². The lowest BCUT2D eigenvalue weighted by molar-refractivity contribution is 0.0287. The van der Waals surface area contributed by atoms with Gasteiger partial charge in [0.1, 0.15) is 5.75 Å². The van der Waals surface area contributed by atoms with Crippen LogP contribution in [0.2, 0.25) is 0 Å². The molecule has 1 heterocycles. The maximum atomic E-state index is 10.2. The molecule has 0 radical (unpaired) electrons. The summed E-state index contributed by atoms with van der Waals surface area (Å²) in [5.41, 5.74) is 3.91. The van der Waals surface area contributed by atoms with E-state index < -0.39 is 0 Å². The highest BCUT2D eigenvalue weighted by Gasteiger charge is 2.35. The van der Waals surface area contributed by atoms with Crippen LogP contribution in [0.15, 0.2) is 48.5 Å². The number of benzene rings is 2. The normalized spacial score (nSPS) is 21.2. The number of rotatable bonds is 6. The maximum absolute atomic E-state index is 10.2. The average Bonchev–Trinajstić information content (AvgIpc) is 2.64. The van der Waals surface area contributed by atoms with Crippen molar-refractivity contribution >= 4 is 0 Å². The van der Waals surface area contributed by atoms with E-state index in [-0.39, 0.29) is 12.0 Å². The molecule has 2 aromatic carbocycles. The van der Waals surface area contributed by atoms with Crippen molar-refractivity contribution in [3.05, 3.63) is 65.2 Å². The largest absolute Gasteiger partial charge is 0.497 e. The smallest absolute Gasteiger partial charge is 0.119 e. The number of aliphatic hydroxyl groups excluding tert-OH is 1. The van der Waals surface area contributed by atoms with Gasteiger partial charge in [-0.05, 0) is 61.6 Å². The Labute approximate surface area is 151 Å². The number of ether oxygens (including phenoxy) is 1. The predicted octanol–water partition coefficient (Wildman–Crippen LogP) is 3.82. The zero-order valence-corrected chi connectivity index (χ0v) is 15.4. The van der Waals surface area contributed by atoms with Crippen molar-refractivity contribution in [1.82, 2.24) is 4.90 Å². The van der Waals surface area contributed by atoms with Gasteiger partial charge in [0, 0.05) is 18.5 Å². The lowest BCUT2D eigenvalue weighted by Gasteiger charge is -2.42. The molecule has 0 amide bonds. The Bertz CT molecular complexity index is 700. The van der Waals surface area contributed by atoms with Crippen LogP contribution in [0, 0.1) is 12.3 Å². The summed E-state index contributed by atoms with van der Waals surface area (Å²) in [4.78, 5) is 2.48. The molecule has 1 atom stereocenters. The van der Waals surface area contributed by atoms with E-state index in [1.54, 1.807) is 7.11 Å². The summed E-state index contributed by atoms with van der Waals surface area (Å²) in [5.74, 6) is 0.905. The summed E-state index contributed by atoms with van der Waals surface area (Å²) >= 11 is 0. The molecule has 0 aromatic heterocycles. The summed E-state index contributed by atoms with van der Waals surface area (Å²) in [7, 11) is 1.71. The Balaban J connectivity index is 1.72. The van der Waals surface area contributed by atoms with E-state index in [2.05, 4.69) is 48.2 Å². The van der Waals surface area contributed by atoms with Gasteiger partial charge >= 0.3 is 0 Å². The van der Waals surface area contributed by atoms with Gasteiger partial charge in [-0.3, -0.25) is 4.90 Å². The Hall–Kier alpha value is -1.84. The second kappa shape index (κ2) is 8.03. The summed E-state index contributed by atoms with van der Waals surface area (Å²) < 4.78 is 5.34. The van der Waals surface area contributed by atoms with E-state index in [1.807, 2.05) is 12.1 Å². The van der Waals surface area contributed by atoms with E-state index in [0.29, 0.717) is 0 Å². The standard InChI is InChI=1S/C22H29NO2/c1-18-7-3-4-9-20(18)14-22(17-24)11-6-12-23(16-22)15-19-8-5-10-21(13-19)25-2/h3-5,7-10,13,24H,6,11-12,14-17H2,1-2H3. The molecule has 3 heteroatoms. The van der Waals surface area contributed by atoms with Crippen molar-refractivity contribution in [2.75, 3.05) is 26.8 Å². The molecule has 1 fully saturated rings. The quantitative estimate of drug-likeness (QED) is 0.868. The minimum atomic E-state index is -0.0385. The van der Waals surface area contributed by atoms with Crippen molar-refractivity contribution in [2.45, 2.75) is 32.7 Å². The summed E-state index contributed by atoms with van der Waals surface area (Å²) in [6.07, 6.45) is 3.17. The first kappa shape index (κ1) is 18.0. The molecule has 1 saturated heterocycles. The molecule has 1 aliphatic heterocycles. The first-order chi connectivity index (χ1) is 12.1. The van der Waals surface area contributed by atoms with Crippen molar-refractivity contribution in [2.24, 2.45) is 5.41 Å². The predicted molar refractivity (Wildman–Crippen MR) is 102 cm³/mol. The molecule has 3 rings (SSSR count). The van der Waals surface area contributed by atoms with Gasteiger partial charge in [0.25, 0.3) is 0 Å². The maximum Gasteiger partial charge on any atom is 0.119 e. The van der Waals surface area contributed by atoms with Gasteiger partial charge in [0.2, 0.25) is 0 Å². The number of piperidine rings is 1. The van der Waals surface area contributed by atoms with Crippen LogP contribution in [0.25, 0.3) is 0 Å². The van der Waals surface area contributed by atoms with Gasteiger partial charge in [-0.25, -0.2) is 0 Å². The zero-order valence-electron chi connectivity index (χ0n) is 15.4. The molecule has 1 unspecified atom stereocenters. The molecule has 2 aromatic rings. The fourth-order valence-corrected chi connectivity index (χ4v) is 4.02. The van der Waals surface area contributed by atoms with Gasteiger partial charge in [-0.2, -0.15) is 0 Å². The topological polar surface area (TPSA) is 32.7 Å². The number of aryl methyl sites for hydroxylation is 1. The van der Waals surface area contributed by atoms with Gasteiger partial charge in [-0.15, -0.1) is 0 Å². The summed E-state index contributed by atoms with van der Waals surface area (Å²) in [6.45, 7) is 5.35. The van der Waals surface area contributed by atoms with E-state index in [9.17, 15) is 5.11 Å². The Kier molecular flexibility index (Phi) is 5.77. The molecule has 1 aliphatic rings. The zero-order chi connectivity index (χ0) is 17.7. The summed E-state index contributed by atoms with van der Waals surface area (Å²) in [6, 6.07) is 16.8. The number of aliphatic hydroxyl groups is 1. The molecule has 25 heavy (non-hydrogen) atoms. The molecule has 0 bridgehead atoms. The van der Waals surface area contributed by atoms with Crippen LogP contribution in [0.3, 0.4) is 0 Å². The first-order valence-corrected chi connectivity index (χ1v) is 9.15. The second-order valence-corrected chi connectivity index (χ2v) is 7.43. The highest BCUT2D eigenvalue weighted by atomic mass is 16.5. The number of likely N-dealkylation sites (tertiary alicyclic amines) is 1. The highest BCUT2D eigenvalue weighted by molar-refractivity contribution is 5.29. The van der Waals surface area contributed by atoms with Gasteiger partial charge < -0.3 is 9.84 Å². The molecule has 0 saturated carbocycles. The van der Waals surface area contributed by atoms with Crippen LogP contribution in [0.4, 0.5) is 0 Å².